The maximum Gasteiger partial charge on any atom is 0.248 e. The Morgan fingerprint density at radius 3 is 2.69 bits per heavy atom. The van der Waals surface area contributed by atoms with Crippen molar-refractivity contribution in [2.75, 3.05) is 6.54 Å². The Morgan fingerprint density at radius 1 is 1.09 bits per heavy atom. The maximum absolute atomic E-state index is 13.8. The lowest BCUT2D eigenvalue weighted by atomic mass is 9.97. The molecule has 6 heteroatoms. The fourth-order valence-electron chi connectivity index (χ4n) is 4.38. The zero-order valence-electron chi connectivity index (χ0n) is 18.3. The molecule has 3 aromatic rings. The molecule has 0 N–H and O–H groups in total. The summed E-state index contributed by atoms with van der Waals surface area (Å²) < 4.78 is 15.5. The van der Waals surface area contributed by atoms with Crippen molar-refractivity contribution in [2.24, 2.45) is 10.9 Å². The molecule has 0 fully saturated rings. The number of aliphatic imine (C=N–C) groups is 1. The molecule has 0 aliphatic carbocycles. The second kappa shape index (κ2) is 8.19. The molecule has 32 heavy (non-hydrogen) atoms. The van der Waals surface area contributed by atoms with Crippen LogP contribution in [-0.4, -0.2) is 32.8 Å². The van der Waals surface area contributed by atoms with E-state index in [1.54, 1.807) is 28.6 Å². The van der Waals surface area contributed by atoms with Crippen LogP contribution in [0.25, 0.3) is 22.5 Å². The molecule has 0 saturated carbocycles. The highest BCUT2D eigenvalue weighted by atomic mass is 19.1. The van der Waals surface area contributed by atoms with Gasteiger partial charge in [0, 0.05) is 29.9 Å². The largest absolute Gasteiger partial charge is 0.315 e. The number of fused-ring (bicyclic) bond motifs is 1. The number of aryl methyl sites for hydroxylation is 1. The second-order valence-corrected chi connectivity index (χ2v) is 8.59. The summed E-state index contributed by atoms with van der Waals surface area (Å²) in [6, 6.07) is 16.8. The highest BCUT2D eigenvalue weighted by Gasteiger charge is 2.30. The van der Waals surface area contributed by atoms with Gasteiger partial charge in [-0.15, -0.1) is 0 Å². The number of carbonyl (C=O) groups is 1. The van der Waals surface area contributed by atoms with Gasteiger partial charge in [0.2, 0.25) is 5.91 Å². The van der Waals surface area contributed by atoms with E-state index in [4.69, 9.17) is 5.10 Å². The number of benzene rings is 2. The summed E-state index contributed by atoms with van der Waals surface area (Å²) in [4.78, 5) is 19.6. The summed E-state index contributed by atoms with van der Waals surface area (Å²) in [7, 11) is 0. The third-order valence-electron chi connectivity index (χ3n) is 6.21. The lowest BCUT2D eigenvalue weighted by Crippen LogP contribution is -2.30. The molecule has 0 saturated heterocycles. The monoisotopic (exact) mass is 428 g/mol. The number of hydrogen-bond donors (Lipinski definition) is 0. The van der Waals surface area contributed by atoms with Gasteiger partial charge in [0.25, 0.3) is 0 Å². The van der Waals surface area contributed by atoms with Gasteiger partial charge in [-0.3, -0.25) is 14.5 Å². The van der Waals surface area contributed by atoms with E-state index in [0.717, 1.165) is 41.1 Å². The number of aromatic nitrogens is 2. The van der Waals surface area contributed by atoms with E-state index in [9.17, 15) is 9.18 Å². The molecule has 1 aromatic heterocycles. The van der Waals surface area contributed by atoms with Crippen LogP contribution in [0.3, 0.4) is 0 Å². The van der Waals surface area contributed by atoms with Gasteiger partial charge in [0.15, 0.2) is 0 Å². The SMILES string of the molecule is CC1=NC2=CN(C(=O)Cn3nc(-c4ccc(F)c(C)c4)cc3-c3ccccc3)CC2CC1. The number of rotatable bonds is 4. The highest BCUT2D eigenvalue weighted by molar-refractivity contribution is 5.84. The van der Waals surface area contributed by atoms with Crippen molar-refractivity contribution < 1.29 is 9.18 Å². The van der Waals surface area contributed by atoms with E-state index in [0.29, 0.717) is 23.7 Å². The first-order valence-electron chi connectivity index (χ1n) is 10.9. The Balaban J connectivity index is 1.47. The molecule has 1 atom stereocenters. The Bertz CT molecular complexity index is 1240. The van der Waals surface area contributed by atoms with Crippen LogP contribution >= 0.6 is 0 Å². The van der Waals surface area contributed by atoms with Crippen molar-refractivity contribution in [3.63, 3.8) is 0 Å². The Labute approximate surface area is 186 Å². The van der Waals surface area contributed by atoms with Crippen LogP contribution < -0.4 is 0 Å². The molecule has 1 amide bonds. The van der Waals surface area contributed by atoms with Crippen LogP contribution in [0, 0.1) is 18.7 Å². The zero-order chi connectivity index (χ0) is 22.2. The molecule has 2 aliphatic heterocycles. The lowest BCUT2D eigenvalue weighted by Gasteiger charge is -2.19. The summed E-state index contributed by atoms with van der Waals surface area (Å²) in [5.41, 5.74) is 6.07. The van der Waals surface area contributed by atoms with Crippen LogP contribution in [0.2, 0.25) is 0 Å². The first-order valence-corrected chi connectivity index (χ1v) is 10.9. The number of amides is 1. The third kappa shape index (κ3) is 3.88. The third-order valence-corrected chi connectivity index (χ3v) is 6.21. The van der Waals surface area contributed by atoms with Gasteiger partial charge in [-0.05, 0) is 62.1 Å². The lowest BCUT2D eigenvalue weighted by molar-refractivity contribution is -0.129. The second-order valence-electron chi connectivity index (χ2n) is 8.59. The molecule has 2 aromatic carbocycles. The van der Waals surface area contributed by atoms with Crippen molar-refractivity contribution in [1.29, 1.82) is 0 Å². The molecular weight excluding hydrogens is 403 g/mol. The van der Waals surface area contributed by atoms with E-state index in [1.807, 2.05) is 49.5 Å². The van der Waals surface area contributed by atoms with E-state index in [2.05, 4.69) is 4.99 Å². The van der Waals surface area contributed by atoms with Gasteiger partial charge in [0.05, 0.1) is 17.1 Å². The fourth-order valence-corrected chi connectivity index (χ4v) is 4.38. The normalized spacial score (nSPS) is 17.7. The van der Waals surface area contributed by atoms with E-state index < -0.39 is 0 Å². The molecule has 162 valence electrons. The number of nitrogens with zero attached hydrogens (tertiary/aromatic N) is 4. The predicted octanol–water partition coefficient (Wildman–Crippen LogP) is 5.22. The van der Waals surface area contributed by atoms with E-state index in [-0.39, 0.29) is 18.3 Å². The first-order chi connectivity index (χ1) is 15.5. The van der Waals surface area contributed by atoms with Crippen molar-refractivity contribution in [3.8, 4) is 22.5 Å². The van der Waals surface area contributed by atoms with Crippen LogP contribution in [0.15, 0.2) is 71.5 Å². The summed E-state index contributed by atoms with van der Waals surface area (Å²) >= 11 is 0. The Kier molecular flexibility index (Phi) is 5.21. The first kappa shape index (κ1) is 20.4. The average Bonchev–Trinajstić information content (AvgIpc) is 3.40. The number of hydrogen-bond acceptors (Lipinski definition) is 3. The summed E-state index contributed by atoms with van der Waals surface area (Å²) in [5, 5.41) is 4.74. The van der Waals surface area contributed by atoms with E-state index in [1.165, 1.54) is 6.07 Å². The minimum absolute atomic E-state index is 0.0122. The average molecular weight is 429 g/mol. The van der Waals surface area contributed by atoms with Crippen LogP contribution in [-0.2, 0) is 11.3 Å². The molecule has 0 bridgehead atoms. The van der Waals surface area contributed by atoms with Gasteiger partial charge in [-0.25, -0.2) is 4.39 Å². The van der Waals surface area contributed by atoms with Crippen molar-refractivity contribution in [1.82, 2.24) is 14.7 Å². The number of carbonyl (C=O) groups excluding carboxylic acids is 1. The summed E-state index contributed by atoms with van der Waals surface area (Å²) in [6.45, 7) is 4.58. The van der Waals surface area contributed by atoms with Crippen LogP contribution in [0.5, 0.6) is 0 Å². The predicted molar refractivity (Wildman–Crippen MR) is 123 cm³/mol. The molecule has 0 radical (unpaired) electrons. The zero-order valence-corrected chi connectivity index (χ0v) is 18.3. The number of halogens is 1. The maximum atomic E-state index is 13.8. The Morgan fingerprint density at radius 2 is 1.91 bits per heavy atom. The molecule has 5 nitrogen and oxygen atoms in total. The Hall–Kier alpha value is -3.54. The minimum atomic E-state index is -0.243. The van der Waals surface area contributed by atoms with Crippen LogP contribution in [0.1, 0.15) is 25.3 Å². The minimum Gasteiger partial charge on any atom is -0.315 e. The van der Waals surface area contributed by atoms with Crippen LogP contribution in [0.4, 0.5) is 4.39 Å². The molecule has 3 heterocycles. The standard InChI is InChI=1S/C26H25FN4O/c1-17-12-20(10-11-22(17)27)23-13-25(19-6-4-3-5-7-19)31(29-23)16-26(32)30-14-21-9-8-18(2)28-24(21)15-30/h3-7,10-13,15,21H,8-9,14,16H2,1-2H3. The van der Waals surface area contributed by atoms with Gasteiger partial charge in [-0.1, -0.05) is 30.3 Å². The van der Waals surface area contributed by atoms with Crippen molar-refractivity contribution in [2.45, 2.75) is 33.2 Å². The quantitative estimate of drug-likeness (QED) is 0.572. The van der Waals surface area contributed by atoms with Crippen molar-refractivity contribution in [3.05, 3.63) is 77.9 Å². The molecular formula is C26H25FN4O. The smallest absolute Gasteiger partial charge is 0.248 e. The molecule has 5 rings (SSSR count). The highest BCUT2D eigenvalue weighted by Crippen LogP contribution is 2.32. The molecule has 2 aliphatic rings. The molecule has 0 spiro atoms. The van der Waals surface area contributed by atoms with Gasteiger partial charge in [-0.2, -0.15) is 5.10 Å². The van der Waals surface area contributed by atoms with Gasteiger partial charge in [0.1, 0.15) is 12.4 Å². The van der Waals surface area contributed by atoms with E-state index >= 15 is 0 Å². The summed E-state index contributed by atoms with van der Waals surface area (Å²) in [5.74, 6) is 0.0709. The summed E-state index contributed by atoms with van der Waals surface area (Å²) in [6.07, 6.45) is 3.92. The van der Waals surface area contributed by atoms with Crippen molar-refractivity contribution >= 4 is 11.6 Å². The topological polar surface area (TPSA) is 50.5 Å². The van der Waals surface area contributed by atoms with Gasteiger partial charge < -0.3 is 4.90 Å². The van der Waals surface area contributed by atoms with Gasteiger partial charge >= 0.3 is 0 Å². The molecule has 1 unspecified atom stereocenters. The fraction of sp³-hybridized carbons (Fsp3) is 0.269.